The zero-order valence-corrected chi connectivity index (χ0v) is 10.1. The van der Waals surface area contributed by atoms with E-state index in [1.807, 2.05) is 0 Å². The quantitative estimate of drug-likeness (QED) is 0.603. The molecular formula is C12H16F2N2O2. The van der Waals surface area contributed by atoms with Crippen molar-refractivity contribution < 1.29 is 18.3 Å². The maximum Gasteiger partial charge on any atom is 0.257 e. The number of carbonyl (C=O) groups excluding carboxylic acids is 1. The molecule has 0 saturated carbocycles. The number of carbonyl (C=O) groups is 1. The number of hydrogen-bond acceptors (Lipinski definition) is 3. The monoisotopic (exact) mass is 258 g/mol. The van der Waals surface area contributed by atoms with Gasteiger partial charge in [0.05, 0.1) is 5.69 Å². The van der Waals surface area contributed by atoms with E-state index in [2.05, 4.69) is 5.32 Å². The summed E-state index contributed by atoms with van der Waals surface area (Å²) in [6, 6.07) is 2.05. The second kappa shape index (κ2) is 6.90. The molecule has 0 spiro atoms. The Hall–Kier alpha value is -1.69. The van der Waals surface area contributed by atoms with Gasteiger partial charge in [-0.2, -0.15) is 0 Å². The fraction of sp³-hybridized carbons (Fsp3) is 0.417. The minimum Gasteiger partial charge on any atom is -0.396 e. The summed E-state index contributed by atoms with van der Waals surface area (Å²) >= 11 is 0. The number of hydrogen-bond donors (Lipinski definition) is 2. The number of rotatable bonds is 6. The number of nitrogens with two attached hydrogens (primary N) is 1. The Balaban J connectivity index is 2.59. The molecule has 100 valence electrons. The van der Waals surface area contributed by atoms with Crippen LogP contribution in [0, 0.1) is 11.6 Å². The number of nitrogen functional groups attached to an aromatic ring is 1. The molecule has 0 heterocycles. The van der Waals surface area contributed by atoms with Crippen LogP contribution in [-0.4, -0.2) is 26.2 Å². The van der Waals surface area contributed by atoms with E-state index in [0.717, 1.165) is 18.6 Å². The maximum absolute atomic E-state index is 13.5. The summed E-state index contributed by atoms with van der Waals surface area (Å²) in [4.78, 5) is 11.6. The molecule has 3 N–H and O–H groups in total. The lowest BCUT2D eigenvalue weighted by molar-refractivity contribution is 0.0943. The predicted octanol–water partition coefficient (Wildman–Crippen LogP) is 1.70. The first-order valence-electron chi connectivity index (χ1n) is 5.58. The highest BCUT2D eigenvalue weighted by Crippen LogP contribution is 2.18. The molecule has 0 unspecified atom stereocenters. The molecule has 0 aliphatic rings. The van der Waals surface area contributed by atoms with Crippen LogP contribution < -0.4 is 11.1 Å². The van der Waals surface area contributed by atoms with Crippen LogP contribution in [0.1, 0.15) is 23.2 Å². The molecule has 4 nitrogen and oxygen atoms in total. The van der Waals surface area contributed by atoms with Crippen molar-refractivity contribution >= 4 is 11.6 Å². The van der Waals surface area contributed by atoms with E-state index in [9.17, 15) is 13.6 Å². The van der Waals surface area contributed by atoms with E-state index in [-0.39, 0.29) is 5.69 Å². The van der Waals surface area contributed by atoms with Gasteiger partial charge in [0.1, 0.15) is 11.4 Å². The van der Waals surface area contributed by atoms with Gasteiger partial charge in [-0.1, -0.05) is 0 Å². The molecule has 0 atom stereocenters. The van der Waals surface area contributed by atoms with Gasteiger partial charge >= 0.3 is 0 Å². The lowest BCUT2D eigenvalue weighted by atomic mass is 10.1. The van der Waals surface area contributed by atoms with Crippen molar-refractivity contribution in [3.63, 3.8) is 0 Å². The summed E-state index contributed by atoms with van der Waals surface area (Å²) in [6.45, 7) is 0.909. The van der Waals surface area contributed by atoms with Gasteiger partial charge in [-0.25, -0.2) is 8.78 Å². The topological polar surface area (TPSA) is 64.3 Å². The van der Waals surface area contributed by atoms with Crippen molar-refractivity contribution in [3.8, 4) is 0 Å². The van der Waals surface area contributed by atoms with Gasteiger partial charge in [0.25, 0.3) is 5.91 Å². The third-order valence-electron chi connectivity index (χ3n) is 2.41. The largest absolute Gasteiger partial charge is 0.396 e. The molecule has 0 aliphatic heterocycles. The number of halogens is 2. The second-order valence-electron chi connectivity index (χ2n) is 3.78. The number of nitrogens with one attached hydrogen (secondary N) is 1. The summed E-state index contributed by atoms with van der Waals surface area (Å²) in [5.74, 6) is -2.74. The Labute approximate surface area is 104 Å². The highest BCUT2D eigenvalue weighted by Gasteiger charge is 2.18. The Morgan fingerprint density at radius 3 is 2.78 bits per heavy atom. The molecule has 6 heteroatoms. The third kappa shape index (κ3) is 3.66. The average Bonchev–Trinajstić information content (AvgIpc) is 2.34. The van der Waals surface area contributed by atoms with Gasteiger partial charge in [-0.3, -0.25) is 4.79 Å². The number of amides is 1. The van der Waals surface area contributed by atoms with Gasteiger partial charge in [-0.15, -0.1) is 0 Å². The average molecular weight is 258 g/mol. The number of ether oxygens (including phenoxy) is 1. The Morgan fingerprint density at radius 1 is 1.39 bits per heavy atom. The summed E-state index contributed by atoms with van der Waals surface area (Å²) in [6.07, 6.45) is 1.43. The first kappa shape index (κ1) is 14.4. The van der Waals surface area contributed by atoms with Crippen molar-refractivity contribution in [2.75, 3.05) is 26.0 Å². The Morgan fingerprint density at radius 2 is 2.11 bits per heavy atom. The van der Waals surface area contributed by atoms with Crippen molar-refractivity contribution in [1.82, 2.24) is 5.32 Å². The minimum absolute atomic E-state index is 0.249. The molecule has 0 bridgehead atoms. The van der Waals surface area contributed by atoms with Gasteiger partial charge in [0.2, 0.25) is 0 Å². The van der Waals surface area contributed by atoms with Crippen LogP contribution in [0.2, 0.25) is 0 Å². The van der Waals surface area contributed by atoms with Crippen LogP contribution in [0.5, 0.6) is 0 Å². The SMILES string of the molecule is COCCCCNC(=O)c1c(F)ccc(N)c1F. The second-order valence-corrected chi connectivity index (χ2v) is 3.78. The van der Waals surface area contributed by atoms with Crippen molar-refractivity contribution in [1.29, 1.82) is 0 Å². The van der Waals surface area contributed by atoms with E-state index in [1.54, 1.807) is 7.11 Å². The van der Waals surface area contributed by atoms with Crippen LogP contribution in [0.25, 0.3) is 0 Å². The highest BCUT2D eigenvalue weighted by atomic mass is 19.1. The van der Waals surface area contributed by atoms with Gasteiger partial charge in [0.15, 0.2) is 5.82 Å². The number of benzene rings is 1. The van der Waals surface area contributed by atoms with Gasteiger partial charge < -0.3 is 15.8 Å². The van der Waals surface area contributed by atoms with E-state index >= 15 is 0 Å². The lowest BCUT2D eigenvalue weighted by Gasteiger charge is -2.08. The van der Waals surface area contributed by atoms with Crippen LogP contribution in [0.3, 0.4) is 0 Å². The third-order valence-corrected chi connectivity index (χ3v) is 2.41. The van der Waals surface area contributed by atoms with Crippen molar-refractivity contribution in [2.24, 2.45) is 0 Å². The molecule has 1 rings (SSSR count). The first-order chi connectivity index (χ1) is 8.57. The Bertz CT molecular complexity index is 425. The molecule has 0 aliphatic carbocycles. The molecule has 0 aromatic heterocycles. The lowest BCUT2D eigenvalue weighted by Crippen LogP contribution is -2.27. The molecule has 1 aromatic rings. The fourth-order valence-corrected chi connectivity index (χ4v) is 1.44. The molecular weight excluding hydrogens is 242 g/mol. The molecule has 1 amide bonds. The van der Waals surface area contributed by atoms with E-state index in [4.69, 9.17) is 10.5 Å². The molecule has 0 fully saturated rings. The summed E-state index contributed by atoms with van der Waals surface area (Å²) in [5.41, 5.74) is 4.40. The smallest absolute Gasteiger partial charge is 0.257 e. The van der Waals surface area contributed by atoms with Crippen LogP contribution >= 0.6 is 0 Å². The van der Waals surface area contributed by atoms with Crippen LogP contribution in [0.4, 0.5) is 14.5 Å². The zero-order chi connectivity index (χ0) is 13.5. The normalized spacial score (nSPS) is 10.4. The van der Waals surface area contributed by atoms with E-state index in [1.165, 1.54) is 0 Å². The van der Waals surface area contributed by atoms with E-state index < -0.39 is 23.1 Å². The maximum atomic E-state index is 13.5. The van der Waals surface area contributed by atoms with Crippen molar-refractivity contribution in [3.05, 3.63) is 29.3 Å². The zero-order valence-electron chi connectivity index (χ0n) is 10.1. The van der Waals surface area contributed by atoms with E-state index in [0.29, 0.717) is 19.6 Å². The van der Waals surface area contributed by atoms with Crippen molar-refractivity contribution in [2.45, 2.75) is 12.8 Å². The number of unbranched alkanes of at least 4 members (excludes halogenated alkanes) is 1. The van der Waals surface area contributed by atoms with Crippen LogP contribution in [0.15, 0.2) is 12.1 Å². The van der Waals surface area contributed by atoms with Gasteiger partial charge in [0, 0.05) is 20.3 Å². The standard InChI is InChI=1S/C12H16F2N2O2/c1-18-7-3-2-6-16-12(17)10-8(13)4-5-9(15)11(10)14/h4-5H,2-3,6-7,15H2,1H3,(H,16,17). The van der Waals surface area contributed by atoms with Crippen LogP contribution in [-0.2, 0) is 4.74 Å². The summed E-state index contributed by atoms with van der Waals surface area (Å²) in [7, 11) is 1.58. The Kier molecular flexibility index (Phi) is 5.51. The predicted molar refractivity (Wildman–Crippen MR) is 64.2 cm³/mol. The molecule has 0 saturated heterocycles. The highest BCUT2D eigenvalue weighted by molar-refractivity contribution is 5.95. The molecule has 0 radical (unpaired) electrons. The minimum atomic E-state index is -1.02. The first-order valence-corrected chi connectivity index (χ1v) is 5.58. The number of anilines is 1. The summed E-state index contributed by atoms with van der Waals surface area (Å²) in [5, 5.41) is 2.44. The fourth-order valence-electron chi connectivity index (χ4n) is 1.44. The summed E-state index contributed by atoms with van der Waals surface area (Å²) < 4.78 is 31.7. The molecule has 18 heavy (non-hydrogen) atoms. The van der Waals surface area contributed by atoms with Gasteiger partial charge in [-0.05, 0) is 25.0 Å². The molecule has 1 aromatic carbocycles. The number of methoxy groups -OCH3 is 1.